The molecule has 7 nitrogen and oxygen atoms in total. The van der Waals surface area contributed by atoms with Gasteiger partial charge in [0.15, 0.2) is 6.79 Å². The highest BCUT2D eigenvalue weighted by molar-refractivity contribution is 6.30. The molecule has 4 rings (SSSR count). The van der Waals surface area contributed by atoms with Crippen LogP contribution in [-0.4, -0.2) is 22.3 Å². The zero-order chi connectivity index (χ0) is 18.8. The summed E-state index contributed by atoms with van der Waals surface area (Å²) in [5.74, 6) is 0.0537. The van der Waals surface area contributed by atoms with Crippen molar-refractivity contribution < 1.29 is 19.0 Å². The third kappa shape index (κ3) is 3.65. The van der Waals surface area contributed by atoms with E-state index in [1.165, 1.54) is 10.9 Å². The normalized spacial score (nSPS) is 13.1. The Balaban J connectivity index is 1.49. The standard InChI is InChI=1S/C19H15ClN2O5/c20-14-5-12-8-25-11-27-18(12)13(6-14)9-26-17(23)7-22-10-21-16-4-2-1-3-15(16)19(22)24/h1-6,10H,7-9,11H2. The lowest BCUT2D eigenvalue weighted by Gasteiger charge is -2.21. The van der Waals surface area contributed by atoms with Crippen molar-refractivity contribution >= 4 is 28.5 Å². The van der Waals surface area contributed by atoms with Crippen LogP contribution in [-0.2, 0) is 34.0 Å². The van der Waals surface area contributed by atoms with E-state index in [9.17, 15) is 9.59 Å². The van der Waals surface area contributed by atoms with E-state index in [4.69, 9.17) is 25.8 Å². The second-order valence-corrected chi connectivity index (χ2v) is 6.46. The van der Waals surface area contributed by atoms with Crippen LogP contribution in [0.2, 0.25) is 5.02 Å². The summed E-state index contributed by atoms with van der Waals surface area (Å²) in [6.07, 6.45) is 1.34. The number of hydrogen-bond donors (Lipinski definition) is 0. The number of nitrogens with zero attached hydrogens (tertiary/aromatic N) is 2. The van der Waals surface area contributed by atoms with Gasteiger partial charge in [-0.1, -0.05) is 23.7 Å². The Morgan fingerprint density at radius 2 is 2.15 bits per heavy atom. The van der Waals surface area contributed by atoms with Gasteiger partial charge in [-0.2, -0.15) is 0 Å². The van der Waals surface area contributed by atoms with Crippen molar-refractivity contribution in [3.8, 4) is 5.75 Å². The number of esters is 1. The maximum Gasteiger partial charge on any atom is 0.326 e. The number of carbonyl (C=O) groups excluding carboxylic acids is 1. The summed E-state index contributed by atoms with van der Waals surface area (Å²) in [6, 6.07) is 10.4. The fraction of sp³-hybridized carbons (Fsp3) is 0.211. The summed E-state index contributed by atoms with van der Waals surface area (Å²) in [5.41, 5.74) is 1.74. The summed E-state index contributed by atoms with van der Waals surface area (Å²) in [4.78, 5) is 28.8. The number of benzene rings is 2. The van der Waals surface area contributed by atoms with Crippen LogP contribution < -0.4 is 10.3 Å². The quantitative estimate of drug-likeness (QED) is 0.641. The van der Waals surface area contributed by atoms with E-state index in [0.29, 0.717) is 33.8 Å². The van der Waals surface area contributed by atoms with E-state index in [1.807, 2.05) is 0 Å². The van der Waals surface area contributed by atoms with Crippen LogP contribution in [0, 0.1) is 0 Å². The molecular formula is C19H15ClN2O5. The Morgan fingerprint density at radius 1 is 1.30 bits per heavy atom. The highest BCUT2D eigenvalue weighted by Gasteiger charge is 2.18. The average molecular weight is 387 g/mol. The number of ether oxygens (including phenoxy) is 3. The van der Waals surface area contributed by atoms with E-state index in [1.54, 1.807) is 36.4 Å². The number of para-hydroxylation sites is 1. The maximum atomic E-state index is 12.4. The summed E-state index contributed by atoms with van der Waals surface area (Å²) in [6.45, 7) is 0.267. The molecule has 0 bridgehead atoms. The molecular weight excluding hydrogens is 372 g/mol. The molecule has 0 aliphatic carbocycles. The van der Waals surface area contributed by atoms with Crippen molar-refractivity contribution in [2.45, 2.75) is 19.8 Å². The molecule has 3 aromatic rings. The predicted molar refractivity (Wildman–Crippen MR) is 97.5 cm³/mol. The monoisotopic (exact) mass is 386 g/mol. The second-order valence-electron chi connectivity index (χ2n) is 6.02. The van der Waals surface area contributed by atoms with Gasteiger partial charge in [-0.3, -0.25) is 14.2 Å². The van der Waals surface area contributed by atoms with E-state index >= 15 is 0 Å². The van der Waals surface area contributed by atoms with Crippen molar-refractivity contribution in [3.63, 3.8) is 0 Å². The molecule has 138 valence electrons. The Kier molecular flexibility index (Phi) is 4.79. The maximum absolute atomic E-state index is 12.4. The number of rotatable bonds is 4. The van der Waals surface area contributed by atoms with Crippen molar-refractivity contribution in [1.29, 1.82) is 0 Å². The first kappa shape index (κ1) is 17.5. The van der Waals surface area contributed by atoms with Gasteiger partial charge >= 0.3 is 5.97 Å². The van der Waals surface area contributed by atoms with Gasteiger partial charge in [0.2, 0.25) is 0 Å². The predicted octanol–water partition coefficient (Wildman–Crippen LogP) is 2.66. The molecule has 0 amide bonds. The van der Waals surface area contributed by atoms with Crippen molar-refractivity contribution in [2.24, 2.45) is 0 Å². The van der Waals surface area contributed by atoms with Crippen molar-refractivity contribution in [3.05, 3.63) is 69.2 Å². The summed E-state index contributed by atoms with van der Waals surface area (Å²) >= 11 is 6.10. The summed E-state index contributed by atoms with van der Waals surface area (Å²) in [7, 11) is 0. The molecule has 1 aliphatic heterocycles. The minimum Gasteiger partial charge on any atom is -0.467 e. The van der Waals surface area contributed by atoms with E-state index in [0.717, 1.165) is 5.56 Å². The van der Waals surface area contributed by atoms with Crippen LogP contribution in [0.15, 0.2) is 47.5 Å². The lowest BCUT2D eigenvalue weighted by molar-refractivity contribution is -0.145. The molecule has 8 heteroatoms. The van der Waals surface area contributed by atoms with E-state index < -0.39 is 5.97 Å². The molecule has 0 saturated carbocycles. The number of hydrogen-bond acceptors (Lipinski definition) is 6. The van der Waals surface area contributed by atoms with Crippen LogP contribution in [0.4, 0.5) is 0 Å². The lowest BCUT2D eigenvalue weighted by Crippen LogP contribution is -2.25. The van der Waals surface area contributed by atoms with Crippen molar-refractivity contribution in [1.82, 2.24) is 9.55 Å². The Morgan fingerprint density at radius 3 is 3.04 bits per heavy atom. The Bertz CT molecular complexity index is 1080. The van der Waals surface area contributed by atoms with E-state index in [-0.39, 0.29) is 25.5 Å². The Labute approximate surface area is 159 Å². The molecule has 0 unspecified atom stereocenters. The van der Waals surface area contributed by atoms with Gasteiger partial charge in [0, 0.05) is 16.1 Å². The molecule has 0 N–H and O–H groups in total. The number of halogens is 1. The molecule has 2 heterocycles. The lowest BCUT2D eigenvalue weighted by atomic mass is 10.1. The molecule has 0 atom stereocenters. The topological polar surface area (TPSA) is 79.7 Å². The molecule has 1 aromatic heterocycles. The van der Waals surface area contributed by atoms with Gasteiger partial charge in [0.05, 0.1) is 23.8 Å². The van der Waals surface area contributed by atoms with Gasteiger partial charge in [0.1, 0.15) is 18.9 Å². The van der Waals surface area contributed by atoms with Gasteiger partial charge in [0.25, 0.3) is 5.56 Å². The SMILES string of the molecule is O=C(Cn1cnc2ccccc2c1=O)OCc1cc(Cl)cc2c1OCOC2. The smallest absolute Gasteiger partial charge is 0.326 e. The number of fused-ring (bicyclic) bond motifs is 2. The largest absolute Gasteiger partial charge is 0.467 e. The van der Waals surface area contributed by atoms with Gasteiger partial charge in [-0.05, 0) is 24.3 Å². The number of carbonyl (C=O) groups is 1. The zero-order valence-electron chi connectivity index (χ0n) is 14.2. The van der Waals surface area contributed by atoms with Crippen LogP contribution in [0.3, 0.4) is 0 Å². The molecule has 0 spiro atoms. The zero-order valence-corrected chi connectivity index (χ0v) is 14.9. The summed E-state index contributed by atoms with van der Waals surface area (Å²) < 4.78 is 17.3. The van der Waals surface area contributed by atoms with Crippen LogP contribution in [0.25, 0.3) is 10.9 Å². The van der Waals surface area contributed by atoms with Gasteiger partial charge < -0.3 is 14.2 Å². The first-order valence-corrected chi connectivity index (χ1v) is 8.61. The molecule has 0 radical (unpaired) electrons. The first-order chi connectivity index (χ1) is 13.1. The first-order valence-electron chi connectivity index (χ1n) is 8.23. The third-order valence-corrected chi connectivity index (χ3v) is 4.39. The van der Waals surface area contributed by atoms with E-state index in [2.05, 4.69) is 4.98 Å². The minimum absolute atomic E-state index is 0.0164. The molecule has 2 aromatic carbocycles. The minimum atomic E-state index is -0.560. The average Bonchev–Trinajstić information content (AvgIpc) is 2.68. The molecule has 0 saturated heterocycles. The fourth-order valence-electron chi connectivity index (χ4n) is 2.93. The van der Waals surface area contributed by atoms with Gasteiger partial charge in [-0.25, -0.2) is 4.98 Å². The molecule has 0 fully saturated rings. The summed E-state index contributed by atoms with van der Waals surface area (Å²) in [5, 5.41) is 0.953. The highest BCUT2D eigenvalue weighted by Crippen LogP contribution is 2.32. The Hall–Kier alpha value is -2.90. The van der Waals surface area contributed by atoms with Crippen LogP contribution in [0.5, 0.6) is 5.75 Å². The number of aromatic nitrogens is 2. The van der Waals surface area contributed by atoms with Crippen molar-refractivity contribution in [2.75, 3.05) is 6.79 Å². The fourth-order valence-corrected chi connectivity index (χ4v) is 3.19. The highest BCUT2D eigenvalue weighted by atomic mass is 35.5. The van der Waals surface area contributed by atoms with Crippen LogP contribution >= 0.6 is 11.6 Å². The van der Waals surface area contributed by atoms with Crippen LogP contribution in [0.1, 0.15) is 11.1 Å². The molecule has 27 heavy (non-hydrogen) atoms. The van der Waals surface area contributed by atoms with Gasteiger partial charge in [-0.15, -0.1) is 0 Å². The second kappa shape index (κ2) is 7.38. The third-order valence-electron chi connectivity index (χ3n) is 4.17. The molecule has 1 aliphatic rings.